The number of carbonyl (C=O) groups excluding carboxylic acids is 1. The van der Waals surface area contributed by atoms with Crippen LogP contribution in [0.3, 0.4) is 0 Å². The van der Waals surface area contributed by atoms with E-state index in [2.05, 4.69) is 41.0 Å². The summed E-state index contributed by atoms with van der Waals surface area (Å²) in [6.07, 6.45) is 3.00. The van der Waals surface area contributed by atoms with Gasteiger partial charge < -0.3 is 5.32 Å². The van der Waals surface area contributed by atoms with Crippen LogP contribution in [0.2, 0.25) is 0 Å². The Kier molecular flexibility index (Phi) is 3.15. The van der Waals surface area contributed by atoms with Crippen LogP contribution in [0.4, 0.5) is 0 Å². The Morgan fingerprint density at radius 2 is 2.11 bits per heavy atom. The minimum atomic E-state index is 0.301. The molecule has 1 heterocycles. The van der Waals surface area contributed by atoms with Crippen LogP contribution in [0.25, 0.3) is 0 Å². The summed E-state index contributed by atoms with van der Waals surface area (Å²) in [5, 5.41) is 5.00. The minimum absolute atomic E-state index is 0.301. The van der Waals surface area contributed by atoms with E-state index in [-0.39, 0.29) is 0 Å². The molecule has 1 aromatic carbocycles. The van der Waals surface area contributed by atoms with Gasteiger partial charge in [0.25, 0.3) is 0 Å². The van der Waals surface area contributed by atoms with Crippen molar-refractivity contribution < 1.29 is 4.79 Å². The van der Waals surface area contributed by atoms with E-state index in [1.54, 1.807) is 0 Å². The van der Waals surface area contributed by atoms with Gasteiger partial charge in [0.05, 0.1) is 0 Å². The molecule has 0 saturated heterocycles. The Morgan fingerprint density at radius 3 is 3.00 bits per heavy atom. The number of thiophene rings is 1. The maximum atomic E-state index is 10.6. The highest BCUT2D eigenvalue weighted by Crippen LogP contribution is 2.36. The van der Waals surface area contributed by atoms with Crippen molar-refractivity contribution in [3.05, 3.63) is 57.3 Å². The molecule has 0 bridgehead atoms. The van der Waals surface area contributed by atoms with Crippen LogP contribution in [-0.4, -0.2) is 13.0 Å². The lowest BCUT2D eigenvalue weighted by Crippen LogP contribution is -2.21. The standard InChI is InChI=1S/C15H15NOS/c17-10-16-9-14-12-4-2-1-3-11(12)5-6-15-13(14)7-8-18-15/h1-4,7-8,10,14H,5-6,9H2,(H,16,17). The molecule has 1 amide bonds. The molecule has 0 saturated carbocycles. The SMILES string of the molecule is O=CNCC1c2ccccc2CCc2sccc21. The second-order valence-electron chi connectivity index (χ2n) is 4.58. The van der Waals surface area contributed by atoms with Crippen molar-refractivity contribution in [3.63, 3.8) is 0 Å². The van der Waals surface area contributed by atoms with Gasteiger partial charge in [0.2, 0.25) is 6.41 Å². The fourth-order valence-electron chi connectivity index (χ4n) is 2.77. The maximum Gasteiger partial charge on any atom is 0.207 e. The Hall–Kier alpha value is -1.61. The zero-order valence-electron chi connectivity index (χ0n) is 10.1. The predicted molar refractivity (Wildman–Crippen MR) is 74.1 cm³/mol. The van der Waals surface area contributed by atoms with Crippen LogP contribution in [0, 0.1) is 0 Å². The number of carbonyl (C=O) groups is 1. The first-order valence-electron chi connectivity index (χ1n) is 6.21. The molecule has 1 atom stereocenters. The van der Waals surface area contributed by atoms with Gasteiger partial charge in [-0.05, 0) is 41.0 Å². The molecule has 3 heteroatoms. The van der Waals surface area contributed by atoms with Crippen LogP contribution in [0.5, 0.6) is 0 Å². The summed E-state index contributed by atoms with van der Waals surface area (Å²) >= 11 is 1.83. The summed E-state index contributed by atoms with van der Waals surface area (Å²) in [5.74, 6) is 0.301. The van der Waals surface area contributed by atoms with Gasteiger partial charge in [0.1, 0.15) is 0 Å². The number of hydrogen-bond donors (Lipinski definition) is 1. The highest BCUT2D eigenvalue weighted by atomic mass is 32.1. The molecule has 1 aromatic heterocycles. The van der Waals surface area contributed by atoms with Crippen LogP contribution < -0.4 is 5.32 Å². The zero-order chi connectivity index (χ0) is 12.4. The first-order valence-corrected chi connectivity index (χ1v) is 7.09. The predicted octanol–water partition coefficient (Wildman–Crippen LogP) is 2.72. The summed E-state index contributed by atoms with van der Waals surface area (Å²) in [7, 11) is 0. The lowest BCUT2D eigenvalue weighted by molar-refractivity contribution is -0.109. The molecule has 1 N–H and O–H groups in total. The number of fused-ring (bicyclic) bond motifs is 2. The third-order valence-corrected chi connectivity index (χ3v) is 4.61. The molecule has 0 radical (unpaired) electrons. The monoisotopic (exact) mass is 257 g/mol. The molecule has 1 aliphatic carbocycles. The second kappa shape index (κ2) is 4.94. The molecule has 18 heavy (non-hydrogen) atoms. The van der Waals surface area contributed by atoms with Crippen molar-refractivity contribution >= 4 is 17.7 Å². The van der Waals surface area contributed by atoms with Crippen molar-refractivity contribution in [1.29, 1.82) is 0 Å². The third-order valence-electron chi connectivity index (χ3n) is 3.61. The average Bonchev–Trinajstić information content (AvgIpc) is 2.81. The average molecular weight is 257 g/mol. The van der Waals surface area contributed by atoms with Crippen molar-refractivity contribution in [3.8, 4) is 0 Å². The highest BCUT2D eigenvalue weighted by molar-refractivity contribution is 7.10. The van der Waals surface area contributed by atoms with Crippen molar-refractivity contribution in [2.24, 2.45) is 0 Å². The second-order valence-corrected chi connectivity index (χ2v) is 5.58. The summed E-state index contributed by atoms with van der Waals surface area (Å²) in [6, 6.07) is 10.8. The molecule has 0 fully saturated rings. The zero-order valence-corrected chi connectivity index (χ0v) is 10.9. The van der Waals surface area contributed by atoms with E-state index < -0.39 is 0 Å². The Bertz CT molecular complexity index is 561. The molecule has 3 rings (SSSR count). The van der Waals surface area contributed by atoms with Crippen molar-refractivity contribution in [1.82, 2.24) is 5.32 Å². The van der Waals surface area contributed by atoms with E-state index in [0.29, 0.717) is 12.5 Å². The van der Waals surface area contributed by atoms with Crippen LogP contribution in [0.15, 0.2) is 35.7 Å². The van der Waals surface area contributed by atoms with Crippen molar-refractivity contribution in [2.45, 2.75) is 18.8 Å². The summed E-state index contributed by atoms with van der Waals surface area (Å²) in [4.78, 5) is 12.0. The van der Waals surface area contributed by atoms with Gasteiger partial charge in [-0.2, -0.15) is 0 Å². The fraction of sp³-hybridized carbons (Fsp3) is 0.267. The molecular weight excluding hydrogens is 242 g/mol. The van der Waals surface area contributed by atoms with Crippen LogP contribution in [0.1, 0.15) is 27.5 Å². The first-order chi connectivity index (χ1) is 8.90. The summed E-state index contributed by atoms with van der Waals surface area (Å²) in [6.45, 7) is 0.685. The van der Waals surface area contributed by atoms with E-state index >= 15 is 0 Å². The number of benzene rings is 1. The van der Waals surface area contributed by atoms with Gasteiger partial charge in [0.15, 0.2) is 0 Å². The van der Waals surface area contributed by atoms with Gasteiger partial charge in [-0.15, -0.1) is 11.3 Å². The highest BCUT2D eigenvalue weighted by Gasteiger charge is 2.23. The normalized spacial score (nSPS) is 17.4. The van der Waals surface area contributed by atoms with Crippen LogP contribution >= 0.6 is 11.3 Å². The molecule has 1 aliphatic rings. The molecule has 0 aliphatic heterocycles. The lowest BCUT2D eigenvalue weighted by Gasteiger charge is -2.18. The topological polar surface area (TPSA) is 29.1 Å². The van der Waals surface area contributed by atoms with E-state index in [1.165, 1.54) is 21.6 Å². The number of nitrogens with one attached hydrogen (secondary N) is 1. The molecule has 1 unspecified atom stereocenters. The number of amides is 1. The molecular formula is C15H15NOS. The van der Waals surface area contributed by atoms with E-state index in [9.17, 15) is 4.79 Å². The Balaban J connectivity index is 2.07. The largest absolute Gasteiger partial charge is 0.358 e. The van der Waals surface area contributed by atoms with Crippen LogP contribution in [-0.2, 0) is 17.6 Å². The smallest absolute Gasteiger partial charge is 0.207 e. The van der Waals surface area contributed by atoms with E-state index in [1.807, 2.05) is 11.3 Å². The van der Waals surface area contributed by atoms with E-state index in [4.69, 9.17) is 0 Å². The first kappa shape index (κ1) is 11.5. The van der Waals surface area contributed by atoms with Gasteiger partial charge >= 0.3 is 0 Å². The van der Waals surface area contributed by atoms with E-state index in [0.717, 1.165) is 19.3 Å². The van der Waals surface area contributed by atoms with Gasteiger partial charge in [0, 0.05) is 17.3 Å². The van der Waals surface area contributed by atoms with Gasteiger partial charge in [-0.3, -0.25) is 4.79 Å². The number of aryl methyl sites for hydroxylation is 2. The Labute approximate surface area is 111 Å². The van der Waals surface area contributed by atoms with Crippen molar-refractivity contribution in [2.75, 3.05) is 6.54 Å². The molecule has 0 spiro atoms. The number of hydrogen-bond acceptors (Lipinski definition) is 2. The minimum Gasteiger partial charge on any atom is -0.358 e. The fourth-order valence-corrected chi connectivity index (χ4v) is 3.71. The number of rotatable bonds is 3. The summed E-state index contributed by atoms with van der Waals surface area (Å²) < 4.78 is 0. The molecule has 2 aromatic rings. The Morgan fingerprint density at radius 1 is 1.22 bits per heavy atom. The lowest BCUT2D eigenvalue weighted by atomic mass is 9.90. The quantitative estimate of drug-likeness (QED) is 0.842. The molecule has 2 nitrogen and oxygen atoms in total. The van der Waals surface area contributed by atoms with Gasteiger partial charge in [-0.25, -0.2) is 0 Å². The maximum absolute atomic E-state index is 10.6. The molecule has 92 valence electrons. The third kappa shape index (κ3) is 1.95. The summed E-state index contributed by atoms with van der Waals surface area (Å²) in [5.41, 5.74) is 4.17. The van der Waals surface area contributed by atoms with Gasteiger partial charge in [-0.1, -0.05) is 24.3 Å².